The predicted octanol–water partition coefficient (Wildman–Crippen LogP) is 3.47. The first-order valence-corrected chi connectivity index (χ1v) is 8.84. The molecule has 0 saturated carbocycles. The van der Waals surface area contributed by atoms with Crippen molar-refractivity contribution in [3.05, 3.63) is 71.8 Å². The van der Waals surface area contributed by atoms with Crippen LogP contribution in [-0.2, 0) is 9.53 Å². The van der Waals surface area contributed by atoms with Gasteiger partial charge in [0.1, 0.15) is 12.6 Å². The van der Waals surface area contributed by atoms with Crippen LogP contribution in [0.1, 0.15) is 36.1 Å². The van der Waals surface area contributed by atoms with E-state index in [1.807, 2.05) is 36.4 Å². The summed E-state index contributed by atoms with van der Waals surface area (Å²) in [5.74, 6) is 1.20. The number of carbonyl (C=O) groups excluding carboxylic acids is 2. The molecule has 0 bridgehead atoms. The van der Waals surface area contributed by atoms with Gasteiger partial charge in [-0.3, -0.25) is 4.79 Å². The summed E-state index contributed by atoms with van der Waals surface area (Å²) in [6.07, 6.45) is 4.21. The molecule has 1 fully saturated rings. The second-order valence-corrected chi connectivity index (χ2v) is 6.42. The lowest BCUT2D eigenvalue weighted by Crippen LogP contribution is -2.40. The maximum Gasteiger partial charge on any atom is 0.417 e. The molecule has 3 rings (SSSR count). The van der Waals surface area contributed by atoms with Crippen molar-refractivity contribution in [1.82, 2.24) is 4.90 Å². The van der Waals surface area contributed by atoms with Gasteiger partial charge in [0.15, 0.2) is 0 Å². The van der Waals surface area contributed by atoms with Crippen molar-refractivity contribution in [2.24, 2.45) is 5.92 Å². The van der Waals surface area contributed by atoms with E-state index in [1.165, 1.54) is 0 Å². The number of terminal acetylenes is 1. The van der Waals surface area contributed by atoms with Crippen LogP contribution in [0.3, 0.4) is 0 Å². The minimum atomic E-state index is -1.06. The molecule has 1 saturated heterocycles. The average molecular weight is 363 g/mol. The molecule has 1 N–H and O–H groups in total. The molecule has 2 amide bonds. The van der Waals surface area contributed by atoms with Gasteiger partial charge < -0.3 is 9.84 Å². The second kappa shape index (κ2) is 8.52. The number of imide groups is 1. The highest BCUT2D eigenvalue weighted by Crippen LogP contribution is 2.34. The molecule has 0 aliphatic carbocycles. The van der Waals surface area contributed by atoms with Crippen molar-refractivity contribution in [3.8, 4) is 12.3 Å². The summed E-state index contributed by atoms with van der Waals surface area (Å²) in [5.41, 5.74) is 1.42. The number of cyclic esters (lactones) is 1. The number of aliphatic hydroxyl groups is 1. The first kappa shape index (κ1) is 18.7. The molecule has 2 aromatic carbocycles. The van der Waals surface area contributed by atoms with E-state index in [4.69, 9.17) is 11.2 Å². The Labute approximate surface area is 158 Å². The molecule has 27 heavy (non-hydrogen) atoms. The lowest BCUT2D eigenvalue weighted by atomic mass is 9.89. The third-order valence-electron chi connectivity index (χ3n) is 4.73. The zero-order chi connectivity index (χ0) is 19.2. The van der Waals surface area contributed by atoms with Gasteiger partial charge >= 0.3 is 6.09 Å². The van der Waals surface area contributed by atoms with Gasteiger partial charge in [0.25, 0.3) is 0 Å². The van der Waals surface area contributed by atoms with Crippen LogP contribution in [-0.4, -0.2) is 28.6 Å². The molecule has 5 heteroatoms. The maximum absolute atomic E-state index is 13.3. The first-order chi connectivity index (χ1) is 13.1. The van der Waals surface area contributed by atoms with E-state index in [0.717, 1.165) is 10.5 Å². The van der Waals surface area contributed by atoms with E-state index >= 15 is 0 Å². The Balaban J connectivity index is 1.90. The van der Waals surface area contributed by atoms with E-state index in [0.29, 0.717) is 12.0 Å². The molecule has 0 aromatic heterocycles. The molecular formula is C22H21NO4. The Morgan fingerprint density at radius 2 is 1.81 bits per heavy atom. The van der Waals surface area contributed by atoms with Gasteiger partial charge in [0.2, 0.25) is 5.91 Å². The number of amides is 2. The van der Waals surface area contributed by atoms with Crippen LogP contribution in [0.4, 0.5) is 4.79 Å². The zero-order valence-corrected chi connectivity index (χ0v) is 14.8. The Morgan fingerprint density at radius 1 is 1.19 bits per heavy atom. The molecule has 0 spiro atoms. The van der Waals surface area contributed by atoms with E-state index in [9.17, 15) is 14.7 Å². The van der Waals surface area contributed by atoms with Crippen molar-refractivity contribution >= 4 is 12.0 Å². The van der Waals surface area contributed by atoms with Crippen molar-refractivity contribution in [1.29, 1.82) is 0 Å². The number of aliphatic hydroxyl groups excluding tert-OH is 1. The molecular weight excluding hydrogens is 342 g/mol. The Hall–Kier alpha value is -3.10. The smallest absolute Gasteiger partial charge is 0.417 e. The number of benzene rings is 2. The number of nitrogens with zero attached hydrogens (tertiary/aromatic N) is 1. The monoisotopic (exact) mass is 363 g/mol. The topological polar surface area (TPSA) is 66.8 Å². The number of rotatable bonds is 6. The van der Waals surface area contributed by atoms with Crippen molar-refractivity contribution in [2.75, 3.05) is 6.61 Å². The largest absolute Gasteiger partial charge is 0.446 e. The summed E-state index contributed by atoms with van der Waals surface area (Å²) >= 11 is 0. The van der Waals surface area contributed by atoms with Gasteiger partial charge in [-0.2, -0.15) is 0 Å². The van der Waals surface area contributed by atoms with Gasteiger partial charge in [-0.05, 0) is 17.5 Å². The predicted molar refractivity (Wildman–Crippen MR) is 100 cm³/mol. The highest BCUT2D eigenvalue weighted by atomic mass is 16.6. The quantitative estimate of drug-likeness (QED) is 0.798. The summed E-state index contributed by atoms with van der Waals surface area (Å²) in [6, 6.07) is 17.6. The lowest BCUT2D eigenvalue weighted by molar-refractivity contribution is -0.137. The summed E-state index contributed by atoms with van der Waals surface area (Å²) in [6.45, 7) is 0.0951. The summed E-state index contributed by atoms with van der Waals surface area (Å²) in [5, 5.41) is 10.8. The van der Waals surface area contributed by atoms with E-state index in [1.54, 1.807) is 24.3 Å². The van der Waals surface area contributed by atoms with Crippen molar-refractivity contribution in [2.45, 2.75) is 25.0 Å². The fourth-order valence-electron chi connectivity index (χ4n) is 3.30. The second-order valence-electron chi connectivity index (χ2n) is 6.42. The van der Waals surface area contributed by atoms with Gasteiger partial charge in [-0.25, -0.2) is 9.69 Å². The van der Waals surface area contributed by atoms with E-state index < -0.39 is 30.1 Å². The summed E-state index contributed by atoms with van der Waals surface area (Å²) in [4.78, 5) is 26.7. The summed E-state index contributed by atoms with van der Waals surface area (Å²) in [7, 11) is 0. The Morgan fingerprint density at radius 3 is 2.44 bits per heavy atom. The fourth-order valence-corrected chi connectivity index (χ4v) is 3.30. The summed E-state index contributed by atoms with van der Waals surface area (Å²) < 4.78 is 5.14. The van der Waals surface area contributed by atoms with Gasteiger partial charge in [0, 0.05) is 6.42 Å². The van der Waals surface area contributed by atoms with Gasteiger partial charge in [-0.15, -0.1) is 12.3 Å². The maximum atomic E-state index is 13.3. The van der Waals surface area contributed by atoms with Crippen LogP contribution < -0.4 is 0 Å². The molecule has 1 heterocycles. The molecule has 138 valence electrons. The van der Waals surface area contributed by atoms with Crippen LogP contribution in [0.15, 0.2) is 60.7 Å². The molecule has 3 atom stereocenters. The number of hydrogen-bond acceptors (Lipinski definition) is 4. The zero-order valence-electron chi connectivity index (χ0n) is 14.8. The normalized spacial score (nSPS) is 18.4. The molecule has 1 unspecified atom stereocenters. The Bertz CT molecular complexity index is 828. The highest BCUT2D eigenvalue weighted by molar-refractivity contribution is 5.95. The standard InChI is InChI=1S/C22H21NO4/c1-2-3-14-18(20(24)17-12-8-5-9-13-17)21(25)23-19(15-27-22(23)26)16-10-6-4-7-11-16/h1,4-13,18-20,24H,3,14-15H2/t18-,19-,20?/m1/s1. The first-order valence-electron chi connectivity index (χ1n) is 8.84. The highest BCUT2D eigenvalue weighted by Gasteiger charge is 2.43. The van der Waals surface area contributed by atoms with Crippen molar-refractivity contribution in [3.63, 3.8) is 0 Å². The van der Waals surface area contributed by atoms with Crippen LogP contribution in [0, 0.1) is 18.3 Å². The molecule has 0 radical (unpaired) electrons. The number of hydrogen-bond donors (Lipinski definition) is 1. The third-order valence-corrected chi connectivity index (χ3v) is 4.73. The van der Waals surface area contributed by atoms with E-state index in [-0.39, 0.29) is 13.0 Å². The number of carbonyl (C=O) groups is 2. The van der Waals surface area contributed by atoms with E-state index in [2.05, 4.69) is 5.92 Å². The van der Waals surface area contributed by atoms with Crippen LogP contribution in [0.2, 0.25) is 0 Å². The Kier molecular flexibility index (Phi) is 5.90. The van der Waals surface area contributed by atoms with Crippen LogP contribution in [0.5, 0.6) is 0 Å². The minimum absolute atomic E-state index is 0.0951. The van der Waals surface area contributed by atoms with Crippen LogP contribution in [0.25, 0.3) is 0 Å². The number of ether oxygens (including phenoxy) is 1. The molecule has 5 nitrogen and oxygen atoms in total. The third kappa shape index (κ3) is 4.02. The minimum Gasteiger partial charge on any atom is -0.446 e. The molecule has 1 aliphatic rings. The van der Waals surface area contributed by atoms with Gasteiger partial charge in [-0.1, -0.05) is 60.7 Å². The van der Waals surface area contributed by atoms with Gasteiger partial charge in [0.05, 0.1) is 12.0 Å². The van der Waals surface area contributed by atoms with Crippen LogP contribution >= 0.6 is 0 Å². The molecule has 2 aromatic rings. The molecule has 1 aliphatic heterocycles. The lowest BCUT2D eigenvalue weighted by Gasteiger charge is -2.28. The fraction of sp³-hybridized carbons (Fsp3) is 0.273. The average Bonchev–Trinajstić information content (AvgIpc) is 3.10. The SMILES string of the molecule is C#CCC[C@@H](C(=O)N1C(=O)OC[C@@H]1c1ccccc1)C(O)c1ccccc1. The van der Waals surface area contributed by atoms with Crippen molar-refractivity contribution < 1.29 is 19.4 Å².